The van der Waals surface area contributed by atoms with Crippen molar-refractivity contribution in [2.24, 2.45) is 0 Å². The summed E-state index contributed by atoms with van der Waals surface area (Å²) >= 11 is 0. The summed E-state index contributed by atoms with van der Waals surface area (Å²) in [5.41, 5.74) is -0.0340. The van der Waals surface area contributed by atoms with Crippen LogP contribution in [-0.4, -0.2) is 20.1 Å². The molecule has 2 aromatic heterocycles. The first kappa shape index (κ1) is 10.3. The van der Waals surface area contributed by atoms with Gasteiger partial charge in [-0.25, -0.2) is 9.37 Å². The molecule has 2 rings (SSSR count). The van der Waals surface area contributed by atoms with Crippen molar-refractivity contribution < 1.29 is 9.50 Å². The van der Waals surface area contributed by atoms with E-state index in [-0.39, 0.29) is 23.0 Å². The summed E-state index contributed by atoms with van der Waals surface area (Å²) in [6, 6.07) is 2.56. The van der Waals surface area contributed by atoms with Gasteiger partial charge in [-0.3, -0.25) is 4.79 Å². The predicted octanol–water partition coefficient (Wildman–Crippen LogP) is 0.985. The first-order chi connectivity index (χ1) is 7.58. The van der Waals surface area contributed by atoms with E-state index in [9.17, 15) is 14.3 Å². The molecule has 5 nitrogen and oxygen atoms in total. The predicted molar refractivity (Wildman–Crippen MR) is 54.4 cm³/mol. The van der Waals surface area contributed by atoms with Gasteiger partial charge in [-0.1, -0.05) is 0 Å². The third-order valence-electron chi connectivity index (χ3n) is 2.10. The van der Waals surface area contributed by atoms with Crippen molar-refractivity contribution in [1.82, 2.24) is 15.0 Å². The molecule has 0 spiro atoms. The highest BCUT2D eigenvalue weighted by atomic mass is 19.1. The van der Waals surface area contributed by atoms with Gasteiger partial charge in [0.05, 0.1) is 11.8 Å². The Kier molecular flexibility index (Phi) is 2.40. The molecule has 0 radical (unpaired) electrons. The third kappa shape index (κ3) is 1.77. The van der Waals surface area contributed by atoms with Crippen LogP contribution in [0.4, 0.5) is 4.39 Å². The molecule has 0 aromatic carbocycles. The molecule has 0 bridgehead atoms. The summed E-state index contributed by atoms with van der Waals surface area (Å²) < 4.78 is 12.6. The highest BCUT2D eigenvalue weighted by molar-refractivity contribution is 5.49. The van der Waals surface area contributed by atoms with Crippen LogP contribution in [0.1, 0.15) is 5.56 Å². The summed E-state index contributed by atoms with van der Waals surface area (Å²) in [5, 5.41) is 9.36. The number of halogens is 1. The highest BCUT2D eigenvalue weighted by Gasteiger charge is 2.08. The zero-order valence-corrected chi connectivity index (χ0v) is 8.36. The van der Waals surface area contributed by atoms with Crippen LogP contribution in [0.2, 0.25) is 0 Å². The van der Waals surface area contributed by atoms with Crippen molar-refractivity contribution in [3.05, 3.63) is 40.1 Å². The molecule has 0 amide bonds. The molecule has 0 aliphatic carbocycles. The average Bonchev–Trinajstić information content (AvgIpc) is 2.26. The lowest BCUT2D eigenvalue weighted by atomic mass is 10.3. The van der Waals surface area contributed by atoms with Gasteiger partial charge in [-0.05, 0) is 19.1 Å². The van der Waals surface area contributed by atoms with Gasteiger partial charge < -0.3 is 10.1 Å². The first-order valence-corrected chi connectivity index (χ1v) is 4.50. The molecule has 0 saturated heterocycles. The lowest BCUT2D eigenvalue weighted by Gasteiger charge is -2.01. The number of hydrogen-bond acceptors (Lipinski definition) is 4. The standard InChI is InChI=1S/C10H8FN3O2/c1-5-9(15)13-8(14-10(5)16)7-3-2-6(11)4-12-7/h2-4H,1H3,(H2,13,14,15,16). The van der Waals surface area contributed by atoms with Crippen LogP contribution in [0, 0.1) is 12.7 Å². The van der Waals surface area contributed by atoms with Crippen LogP contribution >= 0.6 is 0 Å². The molecule has 0 saturated carbocycles. The number of aromatic hydroxyl groups is 1. The number of nitrogens with zero attached hydrogens (tertiary/aromatic N) is 2. The molecule has 0 unspecified atom stereocenters. The summed E-state index contributed by atoms with van der Waals surface area (Å²) in [7, 11) is 0. The summed E-state index contributed by atoms with van der Waals surface area (Å²) in [6.45, 7) is 1.45. The minimum absolute atomic E-state index is 0.105. The minimum atomic E-state index is -0.484. The van der Waals surface area contributed by atoms with Crippen LogP contribution in [-0.2, 0) is 0 Å². The molecule has 6 heteroatoms. The number of rotatable bonds is 1. The lowest BCUT2D eigenvalue weighted by molar-refractivity contribution is 0.447. The van der Waals surface area contributed by atoms with Gasteiger partial charge in [0.1, 0.15) is 11.5 Å². The second-order valence-corrected chi connectivity index (χ2v) is 3.22. The Morgan fingerprint density at radius 3 is 2.75 bits per heavy atom. The zero-order chi connectivity index (χ0) is 11.7. The smallest absolute Gasteiger partial charge is 0.257 e. The van der Waals surface area contributed by atoms with E-state index < -0.39 is 11.4 Å². The van der Waals surface area contributed by atoms with E-state index in [0.717, 1.165) is 6.20 Å². The Morgan fingerprint density at radius 1 is 1.44 bits per heavy atom. The Bertz CT molecular complexity index is 578. The van der Waals surface area contributed by atoms with Crippen molar-refractivity contribution in [2.45, 2.75) is 6.92 Å². The fraction of sp³-hybridized carbons (Fsp3) is 0.100. The largest absolute Gasteiger partial charge is 0.493 e. The van der Waals surface area contributed by atoms with E-state index in [2.05, 4.69) is 15.0 Å². The Morgan fingerprint density at radius 2 is 2.19 bits per heavy atom. The number of pyridine rings is 1. The minimum Gasteiger partial charge on any atom is -0.493 e. The summed E-state index contributed by atoms with van der Waals surface area (Å²) in [4.78, 5) is 21.3. The highest BCUT2D eigenvalue weighted by Crippen LogP contribution is 2.14. The van der Waals surface area contributed by atoms with Crippen LogP contribution < -0.4 is 5.56 Å². The van der Waals surface area contributed by atoms with Crippen LogP contribution in [0.5, 0.6) is 5.88 Å². The molecule has 2 aromatic rings. The number of aromatic amines is 1. The monoisotopic (exact) mass is 221 g/mol. The van der Waals surface area contributed by atoms with Crippen LogP contribution in [0.15, 0.2) is 23.1 Å². The van der Waals surface area contributed by atoms with Crippen molar-refractivity contribution in [2.75, 3.05) is 0 Å². The number of nitrogens with one attached hydrogen (secondary N) is 1. The molecule has 82 valence electrons. The SMILES string of the molecule is Cc1c(O)nc(-c2ccc(F)cn2)[nH]c1=O. The van der Waals surface area contributed by atoms with Gasteiger partial charge >= 0.3 is 0 Å². The quantitative estimate of drug-likeness (QED) is 0.752. The molecule has 0 aliphatic heterocycles. The maximum atomic E-state index is 12.6. The molecular formula is C10H8FN3O2. The van der Waals surface area contributed by atoms with Gasteiger partial charge in [0.15, 0.2) is 5.82 Å². The fourth-order valence-electron chi connectivity index (χ4n) is 1.16. The van der Waals surface area contributed by atoms with E-state index >= 15 is 0 Å². The van der Waals surface area contributed by atoms with Gasteiger partial charge in [-0.2, -0.15) is 4.98 Å². The summed E-state index contributed by atoms with van der Waals surface area (Å²) in [6.07, 6.45) is 1.01. The Hall–Kier alpha value is -2.24. The average molecular weight is 221 g/mol. The second kappa shape index (κ2) is 3.73. The molecule has 16 heavy (non-hydrogen) atoms. The van der Waals surface area contributed by atoms with Gasteiger partial charge in [0, 0.05) is 0 Å². The second-order valence-electron chi connectivity index (χ2n) is 3.22. The van der Waals surface area contributed by atoms with E-state index in [1.807, 2.05) is 0 Å². The molecule has 0 aliphatic rings. The van der Waals surface area contributed by atoms with Crippen LogP contribution in [0.25, 0.3) is 11.5 Å². The number of hydrogen-bond donors (Lipinski definition) is 2. The van der Waals surface area contributed by atoms with E-state index in [1.165, 1.54) is 19.1 Å². The molecule has 2 N–H and O–H groups in total. The normalized spacial score (nSPS) is 10.4. The zero-order valence-electron chi connectivity index (χ0n) is 8.36. The maximum absolute atomic E-state index is 12.6. The van der Waals surface area contributed by atoms with Gasteiger partial charge in [0.25, 0.3) is 5.56 Å². The van der Waals surface area contributed by atoms with Gasteiger partial charge in [0.2, 0.25) is 5.88 Å². The van der Waals surface area contributed by atoms with Crippen molar-refractivity contribution >= 4 is 0 Å². The van der Waals surface area contributed by atoms with Crippen molar-refractivity contribution in [3.8, 4) is 17.4 Å². The molecule has 2 heterocycles. The third-order valence-corrected chi connectivity index (χ3v) is 2.10. The van der Waals surface area contributed by atoms with Crippen LogP contribution in [0.3, 0.4) is 0 Å². The lowest BCUT2D eigenvalue weighted by Crippen LogP contribution is -2.12. The van der Waals surface area contributed by atoms with Gasteiger partial charge in [-0.15, -0.1) is 0 Å². The van der Waals surface area contributed by atoms with Crippen molar-refractivity contribution in [1.29, 1.82) is 0 Å². The molecular weight excluding hydrogens is 213 g/mol. The Balaban J connectivity index is 2.57. The maximum Gasteiger partial charge on any atom is 0.257 e. The van der Waals surface area contributed by atoms with E-state index in [4.69, 9.17) is 0 Å². The molecule has 0 fully saturated rings. The molecule has 0 atom stereocenters. The topological polar surface area (TPSA) is 78.9 Å². The number of H-pyrrole nitrogens is 1. The Labute approximate surface area is 89.6 Å². The fourth-order valence-corrected chi connectivity index (χ4v) is 1.16. The summed E-state index contributed by atoms with van der Waals surface area (Å²) in [5.74, 6) is -0.736. The van der Waals surface area contributed by atoms with Crippen molar-refractivity contribution in [3.63, 3.8) is 0 Å². The number of aromatic nitrogens is 3. The van der Waals surface area contributed by atoms with E-state index in [1.54, 1.807) is 0 Å². The first-order valence-electron chi connectivity index (χ1n) is 4.50. The van der Waals surface area contributed by atoms with E-state index in [0.29, 0.717) is 0 Å².